The van der Waals surface area contributed by atoms with Crippen LogP contribution < -0.4 is 10.0 Å². The Labute approximate surface area is 202 Å². The third kappa shape index (κ3) is 5.93. The fourth-order valence-corrected chi connectivity index (χ4v) is 5.78. The number of ether oxygens (including phenoxy) is 1. The van der Waals surface area contributed by atoms with Crippen LogP contribution in [0.1, 0.15) is 21.3 Å². The number of rotatable bonds is 8. The number of halogens is 1. The van der Waals surface area contributed by atoms with Gasteiger partial charge in [-0.2, -0.15) is 0 Å². The number of carbonyl (C=O) groups is 1. The lowest BCUT2D eigenvalue weighted by Crippen LogP contribution is -2.43. The lowest BCUT2D eigenvalue weighted by molar-refractivity contribution is 0.0169. The second kappa shape index (κ2) is 10.7. The maximum Gasteiger partial charge on any atom is 0.261 e. The summed E-state index contributed by atoms with van der Waals surface area (Å²) in [4.78, 5) is 16.3. The number of hydrogen-bond donors (Lipinski definition) is 2. The normalized spacial score (nSPS) is 15.7. The standard InChI is InChI=1S/C23H24ClN3O4S2/c24-19-4-1-2-5-20(19)26-33(29,30)18-9-7-17(8-10-18)23(28)25-16-21(22-6-3-15-32-22)27-11-13-31-14-12-27/h1-10,15,21,26H,11-14,16H2,(H,25,28). The Morgan fingerprint density at radius 3 is 2.45 bits per heavy atom. The Hall–Kier alpha value is -2.43. The molecule has 1 unspecified atom stereocenters. The topological polar surface area (TPSA) is 87.7 Å². The number of sulfonamides is 1. The maximum absolute atomic E-state index is 12.8. The van der Waals surface area contributed by atoms with Gasteiger partial charge in [-0.3, -0.25) is 14.4 Å². The SMILES string of the molecule is O=C(NCC(c1cccs1)N1CCOCC1)c1ccc(S(=O)(=O)Nc2ccccc2Cl)cc1. The average molecular weight is 506 g/mol. The zero-order chi connectivity index (χ0) is 23.3. The van der Waals surface area contributed by atoms with E-state index in [0.717, 1.165) is 13.1 Å². The van der Waals surface area contributed by atoms with E-state index in [4.69, 9.17) is 16.3 Å². The van der Waals surface area contributed by atoms with Crippen LogP contribution in [-0.4, -0.2) is 52.1 Å². The van der Waals surface area contributed by atoms with Crippen molar-refractivity contribution >= 4 is 44.6 Å². The van der Waals surface area contributed by atoms with Gasteiger partial charge in [-0.05, 0) is 47.8 Å². The predicted octanol–water partition coefficient (Wildman–Crippen LogP) is 4.01. The van der Waals surface area contributed by atoms with Crippen molar-refractivity contribution < 1.29 is 17.9 Å². The highest BCUT2D eigenvalue weighted by Crippen LogP contribution is 2.26. The van der Waals surface area contributed by atoms with Gasteiger partial charge >= 0.3 is 0 Å². The second-order valence-electron chi connectivity index (χ2n) is 7.50. The molecule has 0 spiro atoms. The maximum atomic E-state index is 12.8. The highest BCUT2D eigenvalue weighted by Gasteiger charge is 2.24. The van der Waals surface area contributed by atoms with Crippen LogP contribution in [0.25, 0.3) is 0 Å². The molecule has 174 valence electrons. The molecule has 33 heavy (non-hydrogen) atoms. The predicted molar refractivity (Wildman–Crippen MR) is 130 cm³/mol. The van der Waals surface area contributed by atoms with E-state index in [9.17, 15) is 13.2 Å². The quantitative estimate of drug-likeness (QED) is 0.483. The van der Waals surface area contributed by atoms with Gasteiger partial charge < -0.3 is 10.1 Å². The number of nitrogens with zero attached hydrogens (tertiary/aromatic N) is 1. The number of carbonyl (C=O) groups excluding carboxylic acids is 1. The Bertz CT molecular complexity index is 1180. The third-order valence-electron chi connectivity index (χ3n) is 5.36. The lowest BCUT2D eigenvalue weighted by Gasteiger charge is -2.34. The van der Waals surface area contributed by atoms with Crippen molar-refractivity contribution in [1.82, 2.24) is 10.2 Å². The average Bonchev–Trinajstić information content (AvgIpc) is 3.36. The van der Waals surface area contributed by atoms with Gasteiger partial charge in [-0.15, -0.1) is 11.3 Å². The van der Waals surface area contributed by atoms with E-state index in [1.165, 1.54) is 29.1 Å². The summed E-state index contributed by atoms with van der Waals surface area (Å²) in [6, 6.07) is 16.6. The summed E-state index contributed by atoms with van der Waals surface area (Å²) < 4.78 is 33.3. The van der Waals surface area contributed by atoms with Gasteiger partial charge in [0.2, 0.25) is 0 Å². The van der Waals surface area contributed by atoms with Gasteiger partial charge in [0.1, 0.15) is 0 Å². The molecule has 10 heteroatoms. The van der Waals surface area contributed by atoms with E-state index < -0.39 is 10.0 Å². The number of anilines is 1. The highest BCUT2D eigenvalue weighted by molar-refractivity contribution is 7.92. The minimum atomic E-state index is -3.83. The molecule has 2 aromatic carbocycles. The summed E-state index contributed by atoms with van der Waals surface area (Å²) in [6.45, 7) is 3.42. The van der Waals surface area contributed by atoms with E-state index >= 15 is 0 Å². The first-order valence-electron chi connectivity index (χ1n) is 10.4. The number of morpholine rings is 1. The van der Waals surface area contributed by atoms with Crippen LogP contribution in [0.2, 0.25) is 5.02 Å². The molecule has 4 rings (SSSR count). The summed E-state index contributed by atoms with van der Waals surface area (Å²) in [6.07, 6.45) is 0. The van der Waals surface area contributed by atoms with Crippen molar-refractivity contribution in [2.45, 2.75) is 10.9 Å². The molecule has 1 aliphatic heterocycles. The molecule has 1 aromatic heterocycles. The number of amides is 1. The van der Waals surface area contributed by atoms with E-state index in [0.29, 0.717) is 36.0 Å². The van der Waals surface area contributed by atoms with Gasteiger partial charge in [0.05, 0.1) is 34.9 Å². The van der Waals surface area contributed by atoms with Crippen LogP contribution >= 0.6 is 22.9 Å². The van der Waals surface area contributed by atoms with Crippen molar-refractivity contribution in [3.63, 3.8) is 0 Å². The Morgan fingerprint density at radius 1 is 1.06 bits per heavy atom. The largest absolute Gasteiger partial charge is 0.379 e. The van der Waals surface area contributed by atoms with Crippen LogP contribution in [0.5, 0.6) is 0 Å². The van der Waals surface area contributed by atoms with Crippen LogP contribution in [-0.2, 0) is 14.8 Å². The molecule has 1 saturated heterocycles. The number of benzene rings is 2. The first-order chi connectivity index (χ1) is 15.9. The molecule has 2 heterocycles. The minimum Gasteiger partial charge on any atom is -0.379 e. The fourth-order valence-electron chi connectivity index (χ4n) is 3.60. The van der Waals surface area contributed by atoms with Crippen LogP contribution in [0.15, 0.2) is 70.9 Å². The highest BCUT2D eigenvalue weighted by atomic mass is 35.5. The zero-order valence-electron chi connectivity index (χ0n) is 17.7. The number of thiophene rings is 1. The lowest BCUT2D eigenvalue weighted by atomic mass is 10.1. The molecule has 7 nitrogen and oxygen atoms in total. The fraction of sp³-hybridized carbons (Fsp3) is 0.261. The molecule has 0 saturated carbocycles. The van der Waals surface area contributed by atoms with Crippen molar-refractivity contribution in [1.29, 1.82) is 0 Å². The molecule has 1 amide bonds. The van der Waals surface area contributed by atoms with Gasteiger partial charge in [0.15, 0.2) is 0 Å². The summed E-state index contributed by atoms with van der Waals surface area (Å²) in [7, 11) is -3.83. The molecule has 1 aliphatic rings. The molecule has 1 fully saturated rings. The molecular formula is C23H24ClN3O4S2. The molecule has 3 aromatic rings. The van der Waals surface area contributed by atoms with E-state index in [-0.39, 0.29) is 16.8 Å². The van der Waals surface area contributed by atoms with Gasteiger partial charge in [0, 0.05) is 30.1 Å². The molecule has 1 atom stereocenters. The van der Waals surface area contributed by atoms with Crippen LogP contribution in [0.3, 0.4) is 0 Å². The Morgan fingerprint density at radius 2 is 1.79 bits per heavy atom. The summed E-state index contributed by atoms with van der Waals surface area (Å²) >= 11 is 7.71. The van der Waals surface area contributed by atoms with Gasteiger partial charge in [-0.25, -0.2) is 8.42 Å². The smallest absolute Gasteiger partial charge is 0.261 e. The molecular weight excluding hydrogens is 482 g/mol. The number of nitrogens with one attached hydrogen (secondary N) is 2. The van der Waals surface area contributed by atoms with Crippen LogP contribution in [0, 0.1) is 0 Å². The summed E-state index contributed by atoms with van der Waals surface area (Å²) in [5.41, 5.74) is 0.683. The van der Waals surface area contributed by atoms with Crippen molar-refractivity contribution in [2.24, 2.45) is 0 Å². The molecule has 2 N–H and O–H groups in total. The van der Waals surface area contributed by atoms with E-state index in [1.54, 1.807) is 35.6 Å². The van der Waals surface area contributed by atoms with Crippen molar-refractivity contribution in [2.75, 3.05) is 37.6 Å². The molecule has 0 radical (unpaired) electrons. The van der Waals surface area contributed by atoms with Gasteiger partial charge in [-0.1, -0.05) is 29.8 Å². The summed E-state index contributed by atoms with van der Waals surface area (Å²) in [5.74, 6) is -0.257. The Balaban J connectivity index is 1.42. The van der Waals surface area contributed by atoms with E-state index in [2.05, 4.69) is 21.0 Å². The first kappa shape index (κ1) is 23.7. The number of hydrogen-bond acceptors (Lipinski definition) is 6. The number of para-hydroxylation sites is 1. The van der Waals surface area contributed by atoms with Gasteiger partial charge in [0.25, 0.3) is 15.9 Å². The zero-order valence-corrected chi connectivity index (χ0v) is 20.1. The summed E-state index contributed by atoms with van der Waals surface area (Å²) in [5, 5.41) is 5.32. The van der Waals surface area contributed by atoms with E-state index in [1.807, 2.05) is 11.4 Å². The molecule has 0 aliphatic carbocycles. The monoisotopic (exact) mass is 505 g/mol. The minimum absolute atomic E-state index is 0.0451. The third-order valence-corrected chi connectivity index (χ3v) is 8.04. The second-order valence-corrected chi connectivity index (χ2v) is 10.6. The van der Waals surface area contributed by atoms with Crippen molar-refractivity contribution in [3.8, 4) is 0 Å². The van der Waals surface area contributed by atoms with Crippen molar-refractivity contribution in [3.05, 3.63) is 81.5 Å². The molecule has 0 bridgehead atoms. The Kier molecular flexibility index (Phi) is 7.67. The van der Waals surface area contributed by atoms with Crippen LogP contribution in [0.4, 0.5) is 5.69 Å². The first-order valence-corrected chi connectivity index (χ1v) is 13.2.